The van der Waals surface area contributed by atoms with Crippen LogP contribution in [0.25, 0.3) is 11.0 Å². The third-order valence-corrected chi connectivity index (χ3v) is 2.97. The first-order valence-corrected chi connectivity index (χ1v) is 5.19. The van der Waals surface area contributed by atoms with Gasteiger partial charge in [0.25, 0.3) is 0 Å². The van der Waals surface area contributed by atoms with E-state index in [0.29, 0.717) is 6.04 Å². The maximum atomic E-state index is 11.7. The number of imidazole rings is 1. The van der Waals surface area contributed by atoms with Crippen LogP contribution in [-0.2, 0) is 13.1 Å². The number of H-pyrrole nitrogens is 1. The molecule has 4 heteroatoms. The van der Waals surface area contributed by atoms with Crippen molar-refractivity contribution < 1.29 is 0 Å². The molecule has 0 unspecified atom stereocenters. The second-order valence-electron chi connectivity index (χ2n) is 4.14. The van der Waals surface area contributed by atoms with Crippen molar-refractivity contribution in [3.05, 3.63) is 34.2 Å². The highest BCUT2D eigenvalue weighted by Gasteiger charge is 2.16. The fourth-order valence-corrected chi connectivity index (χ4v) is 2.23. The van der Waals surface area contributed by atoms with Gasteiger partial charge < -0.3 is 10.3 Å². The van der Waals surface area contributed by atoms with Crippen LogP contribution in [0.4, 0.5) is 0 Å². The largest absolute Gasteiger partial charge is 0.326 e. The van der Waals surface area contributed by atoms with E-state index >= 15 is 0 Å². The molecule has 2 aromatic rings. The van der Waals surface area contributed by atoms with E-state index in [1.54, 1.807) is 0 Å². The summed E-state index contributed by atoms with van der Waals surface area (Å²) in [5.41, 5.74) is 3.18. The van der Waals surface area contributed by atoms with E-state index in [0.717, 1.165) is 24.1 Å². The first kappa shape index (κ1) is 8.73. The Morgan fingerprint density at radius 1 is 1.47 bits per heavy atom. The van der Waals surface area contributed by atoms with Crippen LogP contribution in [-0.4, -0.2) is 15.6 Å². The molecule has 0 aliphatic carbocycles. The third-order valence-electron chi connectivity index (χ3n) is 2.97. The Bertz CT molecular complexity index is 567. The lowest BCUT2D eigenvalue weighted by Crippen LogP contribution is -2.30. The normalized spacial score (nSPS) is 20.5. The lowest BCUT2D eigenvalue weighted by Gasteiger charge is -2.08. The highest BCUT2D eigenvalue weighted by molar-refractivity contribution is 5.79. The van der Waals surface area contributed by atoms with Gasteiger partial charge in [-0.05, 0) is 18.6 Å². The highest BCUT2D eigenvalue weighted by atomic mass is 16.1. The molecular formula is C11H13N3O. The molecule has 0 amide bonds. The molecule has 15 heavy (non-hydrogen) atoms. The van der Waals surface area contributed by atoms with Crippen molar-refractivity contribution in [3.63, 3.8) is 0 Å². The monoisotopic (exact) mass is 203 g/mol. The standard InChI is InChI=1S/C11H13N3O/c1-7-6-14-10-8(5-12-7)3-2-4-9(10)13-11(14)15/h2-4,7,12H,5-6H2,1H3,(H,13,15)/t7-/m0/s1. The van der Waals surface area contributed by atoms with Gasteiger partial charge in [0, 0.05) is 19.1 Å². The van der Waals surface area contributed by atoms with E-state index in [1.165, 1.54) is 5.56 Å². The minimum Gasteiger partial charge on any atom is -0.308 e. The van der Waals surface area contributed by atoms with Gasteiger partial charge in [-0.2, -0.15) is 0 Å². The van der Waals surface area contributed by atoms with Crippen molar-refractivity contribution in [1.82, 2.24) is 14.9 Å². The Hall–Kier alpha value is -1.55. The molecule has 0 radical (unpaired) electrons. The molecule has 4 nitrogen and oxygen atoms in total. The van der Waals surface area contributed by atoms with Crippen molar-refractivity contribution in [1.29, 1.82) is 0 Å². The van der Waals surface area contributed by atoms with Crippen LogP contribution >= 0.6 is 0 Å². The van der Waals surface area contributed by atoms with Gasteiger partial charge in [-0.3, -0.25) is 4.57 Å². The van der Waals surface area contributed by atoms with E-state index in [9.17, 15) is 4.79 Å². The molecule has 3 rings (SSSR count). The predicted octanol–water partition coefficient (Wildman–Crippen LogP) is 0.821. The number of aromatic nitrogens is 2. The Balaban J connectivity index is 2.40. The van der Waals surface area contributed by atoms with Gasteiger partial charge >= 0.3 is 5.69 Å². The summed E-state index contributed by atoms with van der Waals surface area (Å²) in [6.45, 7) is 3.66. The van der Waals surface area contributed by atoms with Gasteiger partial charge in [0.2, 0.25) is 0 Å². The summed E-state index contributed by atoms with van der Waals surface area (Å²) in [7, 11) is 0. The van der Waals surface area contributed by atoms with E-state index in [4.69, 9.17) is 0 Å². The summed E-state index contributed by atoms with van der Waals surface area (Å²) in [6, 6.07) is 6.33. The van der Waals surface area contributed by atoms with Crippen molar-refractivity contribution in [2.45, 2.75) is 26.1 Å². The minimum atomic E-state index is -0.00648. The summed E-state index contributed by atoms with van der Waals surface area (Å²) in [5, 5.41) is 3.39. The average molecular weight is 203 g/mol. The number of benzene rings is 1. The number of para-hydroxylation sites is 1. The SMILES string of the molecule is C[C@H]1Cn2c(=O)[nH]c3cccc(c32)CN1. The average Bonchev–Trinajstić information content (AvgIpc) is 2.44. The molecular weight excluding hydrogens is 190 g/mol. The molecule has 1 aromatic carbocycles. The minimum absolute atomic E-state index is 0.00648. The van der Waals surface area contributed by atoms with Crippen LogP contribution in [0, 0.1) is 0 Å². The van der Waals surface area contributed by atoms with Gasteiger partial charge in [-0.25, -0.2) is 4.79 Å². The van der Waals surface area contributed by atoms with Crippen LogP contribution in [0.3, 0.4) is 0 Å². The number of rotatable bonds is 0. The van der Waals surface area contributed by atoms with Gasteiger partial charge in [0.05, 0.1) is 11.0 Å². The fraction of sp³-hybridized carbons (Fsp3) is 0.364. The van der Waals surface area contributed by atoms with Crippen molar-refractivity contribution >= 4 is 11.0 Å². The molecule has 0 fully saturated rings. The summed E-state index contributed by atoms with van der Waals surface area (Å²) >= 11 is 0. The van der Waals surface area contributed by atoms with Crippen LogP contribution < -0.4 is 11.0 Å². The second-order valence-corrected chi connectivity index (χ2v) is 4.14. The lowest BCUT2D eigenvalue weighted by molar-refractivity contribution is 0.491. The summed E-state index contributed by atoms with van der Waals surface area (Å²) in [4.78, 5) is 14.6. The van der Waals surface area contributed by atoms with E-state index in [1.807, 2.05) is 16.7 Å². The Morgan fingerprint density at radius 3 is 3.20 bits per heavy atom. The zero-order valence-corrected chi connectivity index (χ0v) is 8.58. The van der Waals surface area contributed by atoms with E-state index < -0.39 is 0 Å². The Labute approximate surface area is 86.9 Å². The number of hydrogen-bond donors (Lipinski definition) is 2. The summed E-state index contributed by atoms with van der Waals surface area (Å²) in [6.07, 6.45) is 0. The maximum absolute atomic E-state index is 11.7. The summed E-state index contributed by atoms with van der Waals surface area (Å²) < 4.78 is 1.83. The summed E-state index contributed by atoms with van der Waals surface area (Å²) in [5.74, 6) is 0. The van der Waals surface area contributed by atoms with Crippen molar-refractivity contribution in [2.24, 2.45) is 0 Å². The fourth-order valence-electron chi connectivity index (χ4n) is 2.23. The van der Waals surface area contributed by atoms with Crippen LogP contribution in [0.15, 0.2) is 23.0 Å². The topological polar surface area (TPSA) is 49.8 Å². The number of aromatic amines is 1. The maximum Gasteiger partial charge on any atom is 0.326 e. The quantitative estimate of drug-likeness (QED) is 0.666. The molecule has 0 spiro atoms. The number of nitrogens with one attached hydrogen (secondary N) is 2. The molecule has 2 heterocycles. The predicted molar refractivity (Wildman–Crippen MR) is 58.9 cm³/mol. The van der Waals surface area contributed by atoms with Crippen LogP contribution in [0.2, 0.25) is 0 Å². The molecule has 1 aliphatic heterocycles. The molecule has 1 atom stereocenters. The molecule has 0 bridgehead atoms. The number of nitrogens with zero attached hydrogens (tertiary/aromatic N) is 1. The van der Waals surface area contributed by atoms with Gasteiger partial charge in [-0.1, -0.05) is 12.1 Å². The van der Waals surface area contributed by atoms with Gasteiger partial charge in [0.1, 0.15) is 0 Å². The Kier molecular flexibility index (Phi) is 1.73. The van der Waals surface area contributed by atoms with Gasteiger partial charge in [0.15, 0.2) is 0 Å². The van der Waals surface area contributed by atoms with Gasteiger partial charge in [-0.15, -0.1) is 0 Å². The van der Waals surface area contributed by atoms with E-state index in [2.05, 4.69) is 23.3 Å². The first-order chi connectivity index (χ1) is 7.25. The van der Waals surface area contributed by atoms with Crippen molar-refractivity contribution in [2.75, 3.05) is 0 Å². The van der Waals surface area contributed by atoms with Crippen LogP contribution in [0.1, 0.15) is 12.5 Å². The molecule has 0 saturated carbocycles. The van der Waals surface area contributed by atoms with Crippen molar-refractivity contribution in [3.8, 4) is 0 Å². The molecule has 0 saturated heterocycles. The molecule has 78 valence electrons. The zero-order chi connectivity index (χ0) is 10.4. The third kappa shape index (κ3) is 1.22. The lowest BCUT2D eigenvalue weighted by atomic mass is 10.2. The smallest absolute Gasteiger partial charge is 0.308 e. The molecule has 1 aromatic heterocycles. The first-order valence-electron chi connectivity index (χ1n) is 5.19. The highest BCUT2D eigenvalue weighted by Crippen LogP contribution is 2.18. The molecule has 1 aliphatic rings. The molecule has 2 N–H and O–H groups in total. The van der Waals surface area contributed by atoms with E-state index in [-0.39, 0.29) is 5.69 Å². The Morgan fingerprint density at radius 2 is 2.33 bits per heavy atom. The number of hydrogen-bond acceptors (Lipinski definition) is 2. The zero-order valence-electron chi connectivity index (χ0n) is 8.58. The van der Waals surface area contributed by atoms with Crippen LogP contribution in [0.5, 0.6) is 0 Å². The second kappa shape index (κ2) is 2.97.